The highest BCUT2D eigenvalue weighted by Crippen LogP contribution is 2.34. The van der Waals surface area contributed by atoms with Crippen LogP contribution >= 0.6 is 0 Å². The molecule has 188 valence electrons. The largest absolute Gasteiger partial charge is 0.481 e. The molecule has 0 bridgehead atoms. The number of aliphatic hydroxyl groups excluding tert-OH is 1. The lowest BCUT2D eigenvalue weighted by molar-refractivity contribution is -0.148. The number of carbonyl (C=O) groups excluding carboxylic acids is 1. The average Bonchev–Trinajstić information content (AvgIpc) is 3.00. The molecule has 0 saturated carbocycles. The van der Waals surface area contributed by atoms with Gasteiger partial charge in [0.25, 0.3) is 12.0 Å². The minimum atomic E-state index is -3.55. The van der Waals surface area contributed by atoms with Crippen molar-refractivity contribution in [2.24, 2.45) is 0 Å². The van der Waals surface area contributed by atoms with Gasteiger partial charge in [0.2, 0.25) is 0 Å². The fraction of sp³-hybridized carbons (Fsp3) is 0.520. The van der Waals surface area contributed by atoms with Gasteiger partial charge >= 0.3 is 11.9 Å². The summed E-state index contributed by atoms with van der Waals surface area (Å²) in [4.78, 5) is 23.6. The van der Waals surface area contributed by atoms with Crippen molar-refractivity contribution in [1.82, 2.24) is 4.90 Å². The summed E-state index contributed by atoms with van der Waals surface area (Å²) < 4.78 is 54.9. The average molecular weight is 486 g/mol. The van der Waals surface area contributed by atoms with Gasteiger partial charge in [-0.3, -0.25) is 9.59 Å². The number of carbonyl (C=O) groups is 2. The van der Waals surface area contributed by atoms with Crippen molar-refractivity contribution in [1.29, 1.82) is 0 Å². The lowest BCUT2D eigenvalue weighted by atomic mass is 10.0. The molecule has 1 aromatic rings. The molecule has 1 aromatic carbocycles. The Hall–Kier alpha value is -2.68. The molecule has 0 spiro atoms. The van der Waals surface area contributed by atoms with Gasteiger partial charge < -0.3 is 15.1 Å². The van der Waals surface area contributed by atoms with Crippen molar-refractivity contribution in [3.05, 3.63) is 59.7 Å². The molecule has 1 heterocycles. The third-order valence-corrected chi connectivity index (χ3v) is 5.85. The number of aryl methyl sites for hydroxylation is 1. The molecule has 2 unspecified atom stereocenters. The molecule has 2 rings (SSSR count). The number of rotatable bonds is 14. The number of carboxylic acid groups (broad SMARTS) is 1. The number of halogens is 4. The Morgan fingerprint density at radius 1 is 1.09 bits per heavy atom. The monoisotopic (exact) mass is 485 g/mol. The first-order valence-corrected chi connectivity index (χ1v) is 11.5. The van der Waals surface area contributed by atoms with Gasteiger partial charge in [-0.25, -0.2) is 0 Å². The second kappa shape index (κ2) is 13.3. The predicted molar refractivity (Wildman–Crippen MR) is 120 cm³/mol. The maximum absolute atomic E-state index is 14.0. The summed E-state index contributed by atoms with van der Waals surface area (Å²) in [5.74, 6) is -5.78. The van der Waals surface area contributed by atoms with Crippen LogP contribution < -0.4 is 0 Å². The summed E-state index contributed by atoms with van der Waals surface area (Å²) in [6.45, 7) is 0.0455. The van der Waals surface area contributed by atoms with Gasteiger partial charge in [0.15, 0.2) is 0 Å². The molecule has 1 fully saturated rings. The number of aliphatic hydroxyl groups is 1. The summed E-state index contributed by atoms with van der Waals surface area (Å²) in [5, 5.41) is 18.9. The number of likely N-dealkylation sites (tertiary alicyclic amines) is 1. The van der Waals surface area contributed by atoms with Gasteiger partial charge in [-0.2, -0.15) is 17.6 Å². The summed E-state index contributed by atoms with van der Waals surface area (Å²) in [6.07, 6.45) is 0.788. The van der Waals surface area contributed by atoms with Crippen molar-refractivity contribution in [2.45, 2.75) is 75.9 Å². The van der Waals surface area contributed by atoms with Crippen molar-refractivity contribution >= 4 is 11.9 Å². The van der Waals surface area contributed by atoms with E-state index in [2.05, 4.69) is 0 Å². The first-order chi connectivity index (χ1) is 16.1. The minimum Gasteiger partial charge on any atom is -0.481 e. The van der Waals surface area contributed by atoms with Crippen LogP contribution in [0.3, 0.4) is 0 Å². The lowest BCUT2D eigenvalue weighted by Gasteiger charge is -2.22. The van der Waals surface area contributed by atoms with Crippen LogP contribution in [0.15, 0.2) is 54.1 Å². The maximum atomic E-state index is 14.0. The number of hydrogen-bond acceptors (Lipinski definition) is 3. The first-order valence-electron chi connectivity index (χ1n) is 11.5. The van der Waals surface area contributed by atoms with Crippen molar-refractivity contribution < 1.29 is 37.4 Å². The van der Waals surface area contributed by atoms with Crippen molar-refractivity contribution in [3.63, 3.8) is 0 Å². The van der Waals surface area contributed by atoms with Crippen LogP contribution in [0.25, 0.3) is 0 Å². The third-order valence-electron chi connectivity index (χ3n) is 5.85. The van der Waals surface area contributed by atoms with Gasteiger partial charge in [-0.1, -0.05) is 55.3 Å². The van der Waals surface area contributed by atoms with E-state index < -0.39 is 48.0 Å². The number of nitrogens with zero attached hydrogens (tertiary/aromatic N) is 1. The van der Waals surface area contributed by atoms with E-state index >= 15 is 0 Å². The number of aliphatic carboxylic acids is 1. The molecule has 0 aromatic heterocycles. The van der Waals surface area contributed by atoms with Crippen LogP contribution in [0.2, 0.25) is 0 Å². The van der Waals surface area contributed by atoms with Crippen LogP contribution in [0.5, 0.6) is 0 Å². The number of alkyl halides is 2. The topological polar surface area (TPSA) is 77.8 Å². The van der Waals surface area contributed by atoms with Crippen LogP contribution in [0.1, 0.15) is 56.9 Å². The second-order valence-electron chi connectivity index (χ2n) is 8.49. The molecule has 0 aliphatic carbocycles. The highest BCUT2D eigenvalue weighted by molar-refractivity contribution is 5.86. The smallest absolute Gasteiger partial charge is 0.327 e. The van der Waals surface area contributed by atoms with E-state index in [0.717, 1.165) is 16.5 Å². The summed E-state index contributed by atoms with van der Waals surface area (Å²) in [5.41, 5.74) is 0.518. The Morgan fingerprint density at radius 2 is 1.76 bits per heavy atom. The van der Waals surface area contributed by atoms with E-state index in [9.17, 15) is 32.3 Å². The Morgan fingerprint density at radius 3 is 2.41 bits per heavy atom. The quantitative estimate of drug-likeness (QED) is 0.212. The SMILES string of the molecule is O=C(O)CCCCCCN1C(=O)C(F)(F)CC1C=CC(O)C(CCCc1ccccc1)=C(F)F. The summed E-state index contributed by atoms with van der Waals surface area (Å²) in [7, 11) is 0. The predicted octanol–water partition coefficient (Wildman–Crippen LogP) is 5.35. The fourth-order valence-electron chi connectivity index (χ4n) is 4.00. The number of amides is 1. The number of carboxylic acids is 1. The Labute approximate surface area is 196 Å². The summed E-state index contributed by atoms with van der Waals surface area (Å²) >= 11 is 0. The van der Waals surface area contributed by atoms with Gasteiger partial charge in [0.05, 0.1) is 12.1 Å². The molecular formula is C25H31F4NO4. The molecule has 9 heteroatoms. The standard InChI is InChI=1S/C25H31F4NO4/c26-23(27)20(12-8-11-18-9-4-3-5-10-18)21(31)15-14-19-17-25(28,29)24(34)30(19)16-7-2-1-6-13-22(32)33/h3-5,9-10,14-15,19,21,31H,1-2,6-8,11-13,16-17H2,(H,32,33). The molecule has 1 amide bonds. The number of unbranched alkanes of at least 4 members (excludes halogenated alkanes) is 3. The lowest BCUT2D eigenvalue weighted by Crippen LogP contribution is -2.36. The third kappa shape index (κ3) is 8.59. The summed E-state index contributed by atoms with van der Waals surface area (Å²) in [6, 6.07) is 8.29. The maximum Gasteiger partial charge on any atom is 0.327 e. The zero-order chi connectivity index (χ0) is 25.1. The molecule has 34 heavy (non-hydrogen) atoms. The molecule has 0 radical (unpaired) electrons. The minimum absolute atomic E-state index is 0.0241. The zero-order valence-electron chi connectivity index (χ0n) is 18.9. The van der Waals surface area contributed by atoms with Crippen LogP contribution in [-0.4, -0.2) is 51.6 Å². The van der Waals surface area contributed by atoms with E-state index in [1.54, 1.807) is 0 Å². The van der Waals surface area contributed by atoms with Crippen molar-refractivity contribution in [2.75, 3.05) is 6.54 Å². The molecular weight excluding hydrogens is 454 g/mol. The first kappa shape index (κ1) is 27.6. The van der Waals surface area contributed by atoms with E-state index in [1.807, 2.05) is 30.3 Å². The Bertz CT molecular complexity index is 869. The number of benzene rings is 1. The molecule has 5 nitrogen and oxygen atoms in total. The van der Waals surface area contributed by atoms with E-state index in [4.69, 9.17) is 5.11 Å². The van der Waals surface area contributed by atoms with Crippen molar-refractivity contribution in [3.8, 4) is 0 Å². The van der Waals surface area contributed by atoms with Gasteiger partial charge in [-0.05, 0) is 37.7 Å². The fourth-order valence-corrected chi connectivity index (χ4v) is 4.00. The highest BCUT2D eigenvalue weighted by atomic mass is 19.3. The molecule has 2 N–H and O–H groups in total. The molecule has 1 aliphatic rings. The van der Waals surface area contributed by atoms with E-state index in [1.165, 1.54) is 6.08 Å². The van der Waals surface area contributed by atoms with Crippen LogP contribution in [-0.2, 0) is 16.0 Å². The van der Waals surface area contributed by atoms with Gasteiger partial charge in [-0.15, -0.1) is 0 Å². The molecule has 1 aliphatic heterocycles. The van der Waals surface area contributed by atoms with Crippen LogP contribution in [0, 0.1) is 0 Å². The van der Waals surface area contributed by atoms with E-state index in [-0.39, 0.29) is 19.4 Å². The number of hydrogen-bond donors (Lipinski definition) is 2. The molecule has 1 saturated heterocycles. The highest BCUT2D eigenvalue weighted by Gasteiger charge is 2.52. The Kier molecular flexibility index (Phi) is 10.8. The zero-order valence-corrected chi connectivity index (χ0v) is 18.9. The Balaban J connectivity index is 1.93. The van der Waals surface area contributed by atoms with Crippen LogP contribution in [0.4, 0.5) is 17.6 Å². The van der Waals surface area contributed by atoms with Gasteiger partial charge in [0.1, 0.15) is 0 Å². The second-order valence-corrected chi connectivity index (χ2v) is 8.49. The van der Waals surface area contributed by atoms with Gasteiger partial charge in [0, 0.05) is 25.0 Å². The molecule has 2 atom stereocenters. The van der Waals surface area contributed by atoms with E-state index in [0.29, 0.717) is 38.5 Å². The normalized spacial score (nSPS) is 18.4.